The first-order valence-corrected chi connectivity index (χ1v) is 5.05. The van der Waals surface area contributed by atoms with Gasteiger partial charge in [-0.2, -0.15) is 0 Å². The highest BCUT2D eigenvalue weighted by molar-refractivity contribution is 5.35. The number of ether oxygens (including phenoxy) is 4. The van der Waals surface area contributed by atoms with Crippen LogP contribution in [0.5, 0.6) is 0 Å². The molecule has 1 heterocycles. The van der Waals surface area contributed by atoms with Gasteiger partial charge < -0.3 is 24.7 Å². The summed E-state index contributed by atoms with van der Waals surface area (Å²) < 4.78 is 20.7. The predicted octanol–water partition coefficient (Wildman–Crippen LogP) is 1.25. The molecule has 0 saturated heterocycles. The van der Waals surface area contributed by atoms with Gasteiger partial charge in [0.25, 0.3) is 0 Å². The zero-order valence-electron chi connectivity index (χ0n) is 10.5. The van der Waals surface area contributed by atoms with Crippen molar-refractivity contribution >= 4 is 5.82 Å². The van der Waals surface area contributed by atoms with Crippen LogP contribution in [0.1, 0.15) is 23.8 Å². The quantitative estimate of drug-likeness (QED) is 0.756. The minimum absolute atomic E-state index is 0.383. The molecular formula is C11H18N2O4. The number of pyridine rings is 1. The van der Waals surface area contributed by atoms with Crippen LogP contribution < -0.4 is 5.73 Å². The van der Waals surface area contributed by atoms with Crippen molar-refractivity contribution in [1.29, 1.82) is 0 Å². The van der Waals surface area contributed by atoms with Crippen LogP contribution in [0.15, 0.2) is 12.1 Å². The molecule has 6 heteroatoms. The lowest BCUT2D eigenvalue weighted by atomic mass is 10.1. The number of rotatable bonds is 6. The molecule has 0 aliphatic heterocycles. The number of aromatic nitrogens is 1. The van der Waals surface area contributed by atoms with Crippen LogP contribution >= 0.6 is 0 Å². The van der Waals surface area contributed by atoms with E-state index in [0.717, 1.165) is 5.56 Å². The lowest BCUT2D eigenvalue weighted by molar-refractivity contribution is -0.125. The molecule has 0 saturated carbocycles. The van der Waals surface area contributed by atoms with Gasteiger partial charge in [0.05, 0.1) is 0 Å². The predicted molar refractivity (Wildman–Crippen MR) is 62.2 cm³/mol. The zero-order chi connectivity index (χ0) is 12.8. The topological polar surface area (TPSA) is 75.8 Å². The van der Waals surface area contributed by atoms with E-state index >= 15 is 0 Å². The molecular weight excluding hydrogens is 224 g/mol. The molecule has 0 radical (unpaired) electrons. The van der Waals surface area contributed by atoms with E-state index in [1.165, 1.54) is 14.2 Å². The fourth-order valence-electron chi connectivity index (χ4n) is 1.56. The lowest BCUT2D eigenvalue weighted by Gasteiger charge is -2.21. The number of nitrogens with zero attached hydrogens (tertiary/aromatic N) is 1. The normalized spacial score (nSPS) is 11.4. The van der Waals surface area contributed by atoms with Crippen LogP contribution in [0.3, 0.4) is 0 Å². The van der Waals surface area contributed by atoms with E-state index in [4.69, 9.17) is 24.7 Å². The van der Waals surface area contributed by atoms with E-state index in [2.05, 4.69) is 4.98 Å². The van der Waals surface area contributed by atoms with Crippen molar-refractivity contribution in [1.82, 2.24) is 4.98 Å². The second-order valence-electron chi connectivity index (χ2n) is 3.32. The third-order valence-electron chi connectivity index (χ3n) is 2.31. The first-order valence-electron chi connectivity index (χ1n) is 5.05. The van der Waals surface area contributed by atoms with E-state index in [1.54, 1.807) is 26.4 Å². The molecule has 2 N–H and O–H groups in total. The molecule has 0 unspecified atom stereocenters. The van der Waals surface area contributed by atoms with Gasteiger partial charge >= 0.3 is 0 Å². The smallest absolute Gasteiger partial charge is 0.201 e. The van der Waals surface area contributed by atoms with E-state index in [1.807, 2.05) is 0 Å². The van der Waals surface area contributed by atoms with Crippen molar-refractivity contribution in [2.45, 2.75) is 12.6 Å². The third kappa shape index (κ3) is 3.13. The Morgan fingerprint density at radius 2 is 1.47 bits per heavy atom. The maximum atomic E-state index is 5.65. The van der Waals surface area contributed by atoms with Crippen LogP contribution in [-0.4, -0.2) is 33.4 Å². The van der Waals surface area contributed by atoms with Gasteiger partial charge in [0.1, 0.15) is 11.5 Å². The van der Waals surface area contributed by atoms with Crippen LogP contribution in [0.25, 0.3) is 0 Å². The number of anilines is 1. The second-order valence-corrected chi connectivity index (χ2v) is 3.32. The Labute approximate surface area is 101 Å². The molecule has 0 amide bonds. The SMILES string of the molecule is COC(OC)c1ccc(N)nc1C(OC)OC. The molecule has 0 aromatic carbocycles. The molecule has 17 heavy (non-hydrogen) atoms. The van der Waals surface area contributed by atoms with E-state index in [0.29, 0.717) is 11.5 Å². The van der Waals surface area contributed by atoms with Crippen LogP contribution in [-0.2, 0) is 18.9 Å². The molecule has 0 aliphatic rings. The molecule has 96 valence electrons. The standard InChI is InChI=1S/C11H18N2O4/c1-14-10(15-2)7-5-6-8(12)13-9(7)11(16-3)17-4/h5-6,10-11H,1-4H3,(H2,12,13). The highest BCUT2D eigenvalue weighted by Crippen LogP contribution is 2.27. The van der Waals surface area contributed by atoms with Gasteiger partial charge in [-0.25, -0.2) is 4.98 Å². The van der Waals surface area contributed by atoms with Gasteiger partial charge in [-0.3, -0.25) is 0 Å². The van der Waals surface area contributed by atoms with Crippen LogP contribution in [0.4, 0.5) is 5.82 Å². The zero-order valence-corrected chi connectivity index (χ0v) is 10.5. The minimum Gasteiger partial charge on any atom is -0.384 e. The lowest BCUT2D eigenvalue weighted by Crippen LogP contribution is -2.15. The summed E-state index contributed by atoms with van der Waals surface area (Å²) >= 11 is 0. The highest BCUT2D eigenvalue weighted by atomic mass is 16.7. The number of nitrogen functional groups attached to an aromatic ring is 1. The van der Waals surface area contributed by atoms with Crippen molar-refractivity contribution in [2.24, 2.45) is 0 Å². The van der Waals surface area contributed by atoms with Crippen molar-refractivity contribution < 1.29 is 18.9 Å². The van der Waals surface area contributed by atoms with Crippen LogP contribution in [0, 0.1) is 0 Å². The molecule has 1 aromatic heterocycles. The number of methoxy groups -OCH3 is 4. The van der Waals surface area contributed by atoms with Crippen LogP contribution in [0.2, 0.25) is 0 Å². The average molecular weight is 242 g/mol. The van der Waals surface area contributed by atoms with Crippen molar-refractivity contribution in [2.75, 3.05) is 34.2 Å². The molecule has 6 nitrogen and oxygen atoms in total. The summed E-state index contributed by atoms with van der Waals surface area (Å²) in [7, 11) is 6.14. The first-order chi connectivity index (χ1) is 8.17. The van der Waals surface area contributed by atoms with Gasteiger partial charge in [-0.05, 0) is 12.1 Å². The van der Waals surface area contributed by atoms with Gasteiger partial charge in [0, 0.05) is 34.0 Å². The number of hydrogen-bond donors (Lipinski definition) is 1. The molecule has 1 rings (SSSR count). The fourth-order valence-corrected chi connectivity index (χ4v) is 1.56. The Morgan fingerprint density at radius 1 is 0.941 bits per heavy atom. The van der Waals surface area contributed by atoms with Crippen molar-refractivity contribution in [3.63, 3.8) is 0 Å². The Balaban J connectivity index is 3.19. The van der Waals surface area contributed by atoms with E-state index < -0.39 is 12.6 Å². The first kappa shape index (κ1) is 13.9. The van der Waals surface area contributed by atoms with Gasteiger partial charge in [-0.1, -0.05) is 0 Å². The summed E-state index contributed by atoms with van der Waals surface area (Å²) in [5.74, 6) is 0.383. The summed E-state index contributed by atoms with van der Waals surface area (Å²) in [5.41, 5.74) is 6.92. The number of hydrogen-bond acceptors (Lipinski definition) is 6. The fraction of sp³-hybridized carbons (Fsp3) is 0.545. The molecule has 0 spiro atoms. The molecule has 0 bridgehead atoms. The van der Waals surface area contributed by atoms with E-state index in [-0.39, 0.29) is 0 Å². The molecule has 1 aromatic rings. The van der Waals surface area contributed by atoms with Gasteiger partial charge in [0.2, 0.25) is 6.29 Å². The maximum Gasteiger partial charge on any atom is 0.201 e. The number of nitrogens with two attached hydrogens (primary N) is 1. The van der Waals surface area contributed by atoms with Crippen molar-refractivity contribution in [3.8, 4) is 0 Å². The Morgan fingerprint density at radius 3 is 1.94 bits per heavy atom. The molecule has 0 fully saturated rings. The van der Waals surface area contributed by atoms with E-state index in [9.17, 15) is 0 Å². The highest BCUT2D eigenvalue weighted by Gasteiger charge is 2.22. The third-order valence-corrected chi connectivity index (χ3v) is 2.31. The average Bonchev–Trinajstić information content (AvgIpc) is 2.34. The van der Waals surface area contributed by atoms with Gasteiger partial charge in [0.15, 0.2) is 6.29 Å². The molecule has 0 atom stereocenters. The summed E-state index contributed by atoms with van der Waals surface area (Å²) in [6.45, 7) is 0. The monoisotopic (exact) mass is 242 g/mol. The Bertz CT molecular complexity index is 351. The minimum atomic E-state index is -0.610. The Kier molecular flexibility index (Phi) is 5.30. The summed E-state index contributed by atoms with van der Waals surface area (Å²) in [6, 6.07) is 3.45. The molecule has 0 aliphatic carbocycles. The largest absolute Gasteiger partial charge is 0.384 e. The van der Waals surface area contributed by atoms with Gasteiger partial charge in [-0.15, -0.1) is 0 Å². The summed E-state index contributed by atoms with van der Waals surface area (Å²) in [6.07, 6.45) is -1.15. The second kappa shape index (κ2) is 6.51. The Hall–Kier alpha value is -1.21. The summed E-state index contributed by atoms with van der Waals surface area (Å²) in [5, 5.41) is 0. The summed E-state index contributed by atoms with van der Waals surface area (Å²) in [4.78, 5) is 4.20. The maximum absolute atomic E-state index is 5.65. The van der Waals surface area contributed by atoms with Crippen molar-refractivity contribution in [3.05, 3.63) is 23.4 Å².